The zero-order valence-corrected chi connectivity index (χ0v) is 16.7. The number of ether oxygens (including phenoxy) is 2. The van der Waals surface area contributed by atoms with Gasteiger partial charge in [0.1, 0.15) is 17.1 Å². The van der Waals surface area contributed by atoms with Crippen LogP contribution in [0.25, 0.3) is 0 Å². The first kappa shape index (κ1) is 20.7. The zero-order chi connectivity index (χ0) is 21.4. The van der Waals surface area contributed by atoms with E-state index in [4.69, 9.17) is 16.3 Å². The first-order valence-corrected chi connectivity index (χ1v) is 9.99. The van der Waals surface area contributed by atoms with Crippen molar-refractivity contribution < 1.29 is 27.4 Å². The fraction of sp³-hybridized carbons (Fsp3) is 0.381. The molecule has 2 aliphatic rings. The molecule has 0 bridgehead atoms. The van der Waals surface area contributed by atoms with Gasteiger partial charge in [0.2, 0.25) is 0 Å². The Balaban J connectivity index is 1.33. The summed E-state index contributed by atoms with van der Waals surface area (Å²) in [5.41, 5.74) is 1.17. The molecular formula is C21H20ClF3N2O3. The number of hydrogen-bond acceptors (Lipinski definition) is 3. The van der Waals surface area contributed by atoms with Crippen LogP contribution in [0.4, 0.5) is 23.7 Å². The second kappa shape index (κ2) is 7.91. The number of alkyl halides is 3. The van der Waals surface area contributed by atoms with Gasteiger partial charge in [-0.3, -0.25) is 0 Å². The lowest BCUT2D eigenvalue weighted by molar-refractivity contribution is -0.274. The van der Waals surface area contributed by atoms with E-state index in [-0.39, 0.29) is 17.4 Å². The lowest BCUT2D eigenvalue weighted by atomic mass is 9.83. The number of para-hydroxylation sites is 1. The van der Waals surface area contributed by atoms with Crippen LogP contribution in [0.3, 0.4) is 0 Å². The van der Waals surface area contributed by atoms with Gasteiger partial charge in [-0.1, -0.05) is 23.7 Å². The molecule has 0 atom stereocenters. The smallest absolute Gasteiger partial charge is 0.485 e. The number of urea groups is 1. The van der Waals surface area contributed by atoms with Crippen molar-refractivity contribution in [1.29, 1.82) is 0 Å². The molecule has 30 heavy (non-hydrogen) atoms. The van der Waals surface area contributed by atoms with Gasteiger partial charge in [-0.15, -0.1) is 13.2 Å². The number of piperidine rings is 1. The van der Waals surface area contributed by atoms with E-state index in [1.807, 2.05) is 18.2 Å². The summed E-state index contributed by atoms with van der Waals surface area (Å²) < 4.78 is 46.8. The van der Waals surface area contributed by atoms with Crippen LogP contribution in [0.1, 0.15) is 24.8 Å². The standard InChI is InChI=1S/C21H20ClF3N2O3/c22-17-3-1-2-14-8-9-20(30-18(14)17)10-12-27(13-11-20)19(28)26-15-4-6-16(7-5-15)29-21(23,24)25/h1-7H,8-13H2,(H,26,28). The molecule has 1 fully saturated rings. The Morgan fingerprint density at radius 1 is 1.10 bits per heavy atom. The Morgan fingerprint density at radius 2 is 1.80 bits per heavy atom. The van der Waals surface area contributed by atoms with Crippen LogP contribution >= 0.6 is 11.6 Å². The van der Waals surface area contributed by atoms with E-state index in [1.54, 1.807) is 4.90 Å². The highest BCUT2D eigenvalue weighted by atomic mass is 35.5. The normalized spacial score (nSPS) is 17.8. The molecule has 1 spiro atoms. The van der Waals surface area contributed by atoms with Gasteiger partial charge in [-0.25, -0.2) is 4.79 Å². The molecule has 0 aromatic heterocycles. The van der Waals surface area contributed by atoms with Gasteiger partial charge in [0.05, 0.1) is 5.02 Å². The third-order valence-corrected chi connectivity index (χ3v) is 5.82. The molecule has 9 heteroatoms. The lowest BCUT2D eigenvalue weighted by Crippen LogP contribution is -2.52. The summed E-state index contributed by atoms with van der Waals surface area (Å²) in [7, 11) is 0. The highest BCUT2D eigenvalue weighted by Crippen LogP contribution is 2.42. The third kappa shape index (κ3) is 4.59. The molecule has 2 heterocycles. The van der Waals surface area contributed by atoms with E-state index in [1.165, 1.54) is 12.1 Å². The fourth-order valence-electron chi connectivity index (χ4n) is 3.91. The maximum Gasteiger partial charge on any atom is 0.573 e. The van der Waals surface area contributed by atoms with E-state index < -0.39 is 6.36 Å². The van der Waals surface area contributed by atoms with E-state index in [0.29, 0.717) is 36.6 Å². The van der Waals surface area contributed by atoms with Gasteiger partial charge in [0.15, 0.2) is 0 Å². The molecule has 0 unspecified atom stereocenters. The molecule has 4 rings (SSSR count). The first-order chi connectivity index (χ1) is 14.2. The fourth-order valence-corrected chi connectivity index (χ4v) is 4.14. The highest BCUT2D eigenvalue weighted by molar-refractivity contribution is 6.32. The molecule has 5 nitrogen and oxygen atoms in total. The molecule has 160 valence electrons. The molecule has 1 saturated heterocycles. The van der Waals surface area contributed by atoms with Crippen LogP contribution < -0.4 is 14.8 Å². The number of carbonyl (C=O) groups is 1. The van der Waals surface area contributed by atoms with Gasteiger partial charge in [-0.05, 0) is 48.7 Å². The molecule has 2 aromatic rings. The van der Waals surface area contributed by atoms with Gasteiger partial charge in [-0.2, -0.15) is 0 Å². The van der Waals surface area contributed by atoms with Crippen molar-refractivity contribution in [2.24, 2.45) is 0 Å². The van der Waals surface area contributed by atoms with Crippen LogP contribution in [0.5, 0.6) is 11.5 Å². The molecule has 0 aliphatic carbocycles. The number of nitrogens with one attached hydrogen (secondary N) is 1. The van der Waals surface area contributed by atoms with Crippen molar-refractivity contribution in [2.45, 2.75) is 37.6 Å². The van der Waals surface area contributed by atoms with E-state index in [2.05, 4.69) is 10.1 Å². The highest BCUT2D eigenvalue weighted by Gasteiger charge is 2.41. The monoisotopic (exact) mass is 440 g/mol. The van der Waals surface area contributed by atoms with E-state index in [0.717, 1.165) is 36.3 Å². The van der Waals surface area contributed by atoms with Crippen molar-refractivity contribution in [3.8, 4) is 11.5 Å². The van der Waals surface area contributed by atoms with Crippen molar-refractivity contribution in [2.75, 3.05) is 18.4 Å². The number of hydrogen-bond donors (Lipinski definition) is 1. The minimum absolute atomic E-state index is 0.302. The Hall–Kier alpha value is -2.61. The molecule has 1 N–H and O–H groups in total. The number of fused-ring (bicyclic) bond motifs is 1. The van der Waals surface area contributed by atoms with Crippen molar-refractivity contribution >= 4 is 23.3 Å². The van der Waals surface area contributed by atoms with Gasteiger partial charge in [0.25, 0.3) is 0 Å². The summed E-state index contributed by atoms with van der Waals surface area (Å²) in [6, 6.07) is 10.5. The summed E-state index contributed by atoms with van der Waals surface area (Å²) in [6.45, 7) is 1.03. The third-order valence-electron chi connectivity index (χ3n) is 5.52. The molecule has 0 radical (unpaired) electrons. The number of carbonyl (C=O) groups excluding carboxylic acids is 1. The molecule has 2 amide bonds. The van der Waals surface area contributed by atoms with Gasteiger partial charge >= 0.3 is 12.4 Å². The average molecular weight is 441 g/mol. The number of likely N-dealkylation sites (tertiary alicyclic amines) is 1. The quantitative estimate of drug-likeness (QED) is 0.658. The maximum absolute atomic E-state index is 12.5. The predicted molar refractivity (Wildman–Crippen MR) is 106 cm³/mol. The number of aryl methyl sites for hydroxylation is 1. The van der Waals surface area contributed by atoms with Gasteiger partial charge in [0, 0.05) is 31.6 Å². The molecular weight excluding hydrogens is 421 g/mol. The zero-order valence-electron chi connectivity index (χ0n) is 16.0. The van der Waals surface area contributed by atoms with Crippen LogP contribution in [0.2, 0.25) is 5.02 Å². The number of amides is 2. The van der Waals surface area contributed by atoms with Crippen molar-refractivity contribution in [1.82, 2.24) is 4.90 Å². The van der Waals surface area contributed by atoms with Crippen LogP contribution in [0, 0.1) is 0 Å². The summed E-state index contributed by atoms with van der Waals surface area (Å²) in [5.74, 6) is 0.401. The SMILES string of the molecule is O=C(Nc1ccc(OC(F)(F)F)cc1)N1CCC2(CCc3cccc(Cl)c3O2)CC1. The second-order valence-electron chi connectivity index (χ2n) is 7.50. The molecule has 2 aliphatic heterocycles. The minimum atomic E-state index is -4.75. The minimum Gasteiger partial charge on any atom is -0.485 e. The summed E-state index contributed by atoms with van der Waals surface area (Å²) >= 11 is 6.29. The molecule has 0 saturated carbocycles. The largest absolute Gasteiger partial charge is 0.573 e. The Labute approximate surface area is 176 Å². The van der Waals surface area contributed by atoms with Crippen LogP contribution in [-0.4, -0.2) is 36.0 Å². The number of benzene rings is 2. The first-order valence-electron chi connectivity index (χ1n) is 9.61. The van der Waals surface area contributed by atoms with Crippen LogP contribution in [0.15, 0.2) is 42.5 Å². The number of nitrogens with zero attached hydrogens (tertiary/aromatic N) is 1. The Bertz CT molecular complexity index is 926. The van der Waals surface area contributed by atoms with Crippen molar-refractivity contribution in [3.05, 3.63) is 53.1 Å². The number of anilines is 1. The van der Waals surface area contributed by atoms with E-state index >= 15 is 0 Å². The van der Waals surface area contributed by atoms with Gasteiger partial charge < -0.3 is 19.7 Å². The van der Waals surface area contributed by atoms with Crippen molar-refractivity contribution in [3.63, 3.8) is 0 Å². The molecule has 2 aromatic carbocycles. The average Bonchev–Trinajstić information content (AvgIpc) is 2.70. The lowest BCUT2D eigenvalue weighted by Gasteiger charge is -2.44. The van der Waals surface area contributed by atoms with E-state index in [9.17, 15) is 18.0 Å². The summed E-state index contributed by atoms with van der Waals surface area (Å²) in [4.78, 5) is 14.2. The predicted octanol–water partition coefficient (Wildman–Crippen LogP) is 5.63. The second-order valence-corrected chi connectivity index (χ2v) is 7.91. The number of halogens is 4. The Kier molecular flexibility index (Phi) is 5.44. The summed E-state index contributed by atoms with van der Waals surface area (Å²) in [6.07, 6.45) is -1.63. The Morgan fingerprint density at radius 3 is 2.47 bits per heavy atom. The number of rotatable bonds is 2. The summed E-state index contributed by atoms with van der Waals surface area (Å²) in [5, 5.41) is 3.31. The van der Waals surface area contributed by atoms with Crippen LogP contribution in [-0.2, 0) is 6.42 Å². The topological polar surface area (TPSA) is 50.8 Å². The maximum atomic E-state index is 12.5.